The van der Waals surface area contributed by atoms with Crippen molar-refractivity contribution >= 4 is 18.0 Å². The molecule has 0 N–H and O–H groups in total. The fraction of sp³-hybridized carbons (Fsp3) is 0.217. The molecule has 2 aromatic carbocycles. The van der Waals surface area contributed by atoms with E-state index in [2.05, 4.69) is 0 Å². The highest BCUT2D eigenvalue weighted by Gasteiger charge is 2.36. The van der Waals surface area contributed by atoms with Gasteiger partial charge in [-0.15, -0.1) is 0 Å². The summed E-state index contributed by atoms with van der Waals surface area (Å²) in [6.07, 6.45) is 2.41. The summed E-state index contributed by atoms with van der Waals surface area (Å²) >= 11 is 0. The molecule has 2 aromatic rings. The number of ether oxygens (including phenoxy) is 2. The van der Waals surface area contributed by atoms with E-state index in [1.54, 1.807) is 25.0 Å². The van der Waals surface area contributed by atoms with Gasteiger partial charge in [0.1, 0.15) is 5.75 Å². The molecule has 0 unspecified atom stereocenters. The first-order valence-electron chi connectivity index (χ1n) is 9.06. The van der Waals surface area contributed by atoms with Crippen molar-refractivity contribution in [3.63, 3.8) is 0 Å². The Hall–Kier alpha value is -3.34. The molecule has 1 heterocycles. The molecule has 5 heteroatoms. The van der Waals surface area contributed by atoms with Gasteiger partial charge >= 0.3 is 5.97 Å². The normalized spacial score (nSPS) is 15.3. The molecule has 0 radical (unpaired) electrons. The van der Waals surface area contributed by atoms with Crippen LogP contribution in [0.15, 0.2) is 71.4 Å². The number of hydrogen-bond acceptors (Lipinski definition) is 4. The van der Waals surface area contributed by atoms with Crippen LogP contribution in [0.1, 0.15) is 18.1 Å². The van der Waals surface area contributed by atoms with Crippen LogP contribution >= 0.6 is 0 Å². The van der Waals surface area contributed by atoms with Crippen molar-refractivity contribution < 1.29 is 19.1 Å². The maximum atomic E-state index is 13.1. The minimum absolute atomic E-state index is 0.185. The zero-order valence-electron chi connectivity index (χ0n) is 16.3. The van der Waals surface area contributed by atoms with Crippen LogP contribution in [0.3, 0.4) is 0 Å². The van der Waals surface area contributed by atoms with Crippen LogP contribution in [0.2, 0.25) is 0 Å². The predicted molar refractivity (Wildman–Crippen MR) is 108 cm³/mol. The van der Waals surface area contributed by atoms with Crippen LogP contribution in [0.5, 0.6) is 5.75 Å². The molecule has 0 aromatic heterocycles. The summed E-state index contributed by atoms with van der Waals surface area (Å²) in [5.74, 6) is 0.105. The molecule has 0 bridgehead atoms. The summed E-state index contributed by atoms with van der Waals surface area (Å²) in [7, 11) is 2.95. The van der Waals surface area contributed by atoms with Crippen molar-refractivity contribution in [2.24, 2.45) is 0 Å². The summed E-state index contributed by atoms with van der Waals surface area (Å²) in [6, 6.07) is 17.2. The maximum Gasteiger partial charge on any atom is 0.340 e. The molecule has 144 valence electrons. The number of esters is 1. The van der Waals surface area contributed by atoms with Gasteiger partial charge in [0, 0.05) is 12.2 Å². The Kier molecular flexibility index (Phi) is 5.94. The highest BCUT2D eigenvalue weighted by molar-refractivity contribution is 6.16. The number of carbonyl (C=O) groups is 2. The molecule has 5 nitrogen and oxygen atoms in total. The molecular formula is C23H23NO4. The van der Waals surface area contributed by atoms with E-state index in [-0.39, 0.29) is 5.91 Å². The molecule has 0 spiro atoms. The van der Waals surface area contributed by atoms with E-state index < -0.39 is 5.97 Å². The first-order valence-corrected chi connectivity index (χ1v) is 9.06. The van der Waals surface area contributed by atoms with E-state index in [0.717, 1.165) is 16.9 Å². The second-order valence-corrected chi connectivity index (χ2v) is 6.48. The van der Waals surface area contributed by atoms with Crippen LogP contribution in [0.25, 0.3) is 6.08 Å². The van der Waals surface area contributed by atoms with E-state index in [1.165, 1.54) is 7.11 Å². The summed E-state index contributed by atoms with van der Waals surface area (Å²) in [5.41, 5.74) is 3.25. The molecule has 1 amide bonds. The van der Waals surface area contributed by atoms with Gasteiger partial charge in [-0.3, -0.25) is 4.79 Å². The van der Waals surface area contributed by atoms with E-state index >= 15 is 0 Å². The van der Waals surface area contributed by atoms with E-state index in [4.69, 9.17) is 9.47 Å². The number of allylic oxidation sites excluding steroid dienone is 1. The number of benzene rings is 2. The van der Waals surface area contributed by atoms with Crippen molar-refractivity contribution in [1.29, 1.82) is 0 Å². The van der Waals surface area contributed by atoms with Crippen LogP contribution in [0, 0.1) is 0 Å². The van der Waals surface area contributed by atoms with Crippen molar-refractivity contribution in [1.82, 2.24) is 4.90 Å². The molecule has 0 atom stereocenters. The Morgan fingerprint density at radius 3 is 2.32 bits per heavy atom. The summed E-state index contributed by atoms with van der Waals surface area (Å²) in [6.45, 7) is 2.26. The summed E-state index contributed by atoms with van der Waals surface area (Å²) in [5, 5.41) is 0. The third kappa shape index (κ3) is 3.98. The molecular weight excluding hydrogens is 354 g/mol. The Labute approximate surface area is 164 Å². The lowest BCUT2D eigenvalue weighted by Crippen LogP contribution is -2.27. The van der Waals surface area contributed by atoms with Crippen LogP contribution < -0.4 is 4.74 Å². The predicted octanol–water partition coefficient (Wildman–Crippen LogP) is 3.61. The third-order valence-electron chi connectivity index (χ3n) is 4.79. The lowest BCUT2D eigenvalue weighted by atomic mass is 10.0. The largest absolute Gasteiger partial charge is 0.497 e. The quantitative estimate of drug-likeness (QED) is 0.570. The second-order valence-electron chi connectivity index (χ2n) is 6.48. The molecule has 1 aliphatic heterocycles. The standard InChI is InChI=1S/C23H23NO4/c1-16-21(23(26)28-3)20(15-18-7-5-4-6-8-18)22(25)24(16)14-13-17-9-11-19(27-2)12-10-17/h4-12,15H,13-14H2,1-3H3/b20-15+. The Morgan fingerprint density at radius 2 is 1.71 bits per heavy atom. The highest BCUT2D eigenvalue weighted by Crippen LogP contribution is 2.31. The zero-order chi connectivity index (χ0) is 20.1. The molecule has 28 heavy (non-hydrogen) atoms. The van der Waals surface area contributed by atoms with Gasteiger partial charge in [-0.05, 0) is 42.7 Å². The van der Waals surface area contributed by atoms with Crippen LogP contribution in [0.4, 0.5) is 0 Å². The average molecular weight is 377 g/mol. The molecule has 0 saturated carbocycles. The Balaban J connectivity index is 1.87. The monoisotopic (exact) mass is 377 g/mol. The van der Waals surface area contributed by atoms with E-state index in [9.17, 15) is 9.59 Å². The number of hydrogen-bond donors (Lipinski definition) is 0. The van der Waals surface area contributed by atoms with Crippen molar-refractivity contribution in [3.05, 3.63) is 82.6 Å². The van der Waals surface area contributed by atoms with Gasteiger partial charge in [0.25, 0.3) is 5.91 Å². The summed E-state index contributed by atoms with van der Waals surface area (Å²) < 4.78 is 10.1. The zero-order valence-corrected chi connectivity index (χ0v) is 16.3. The Bertz CT molecular complexity index is 927. The van der Waals surface area contributed by atoms with E-state index in [0.29, 0.717) is 29.8 Å². The number of methoxy groups -OCH3 is 2. The van der Waals surface area contributed by atoms with Crippen molar-refractivity contribution in [2.75, 3.05) is 20.8 Å². The first-order chi connectivity index (χ1) is 13.5. The number of amides is 1. The van der Waals surface area contributed by atoms with Crippen molar-refractivity contribution in [2.45, 2.75) is 13.3 Å². The average Bonchev–Trinajstić information content (AvgIpc) is 2.96. The number of nitrogens with zero attached hydrogens (tertiary/aromatic N) is 1. The van der Waals surface area contributed by atoms with E-state index in [1.807, 2.05) is 54.6 Å². The first kappa shape index (κ1) is 19.4. The van der Waals surface area contributed by atoms with Gasteiger partial charge in [-0.2, -0.15) is 0 Å². The van der Waals surface area contributed by atoms with Gasteiger partial charge in [0.05, 0.1) is 25.4 Å². The molecule has 1 aliphatic rings. The fourth-order valence-electron chi connectivity index (χ4n) is 3.25. The highest BCUT2D eigenvalue weighted by atomic mass is 16.5. The Morgan fingerprint density at radius 1 is 1.04 bits per heavy atom. The number of rotatable bonds is 6. The second kappa shape index (κ2) is 8.57. The maximum absolute atomic E-state index is 13.1. The van der Waals surface area contributed by atoms with Crippen LogP contribution in [-0.2, 0) is 20.7 Å². The minimum atomic E-state index is -0.500. The summed E-state index contributed by atoms with van der Waals surface area (Å²) in [4.78, 5) is 27.1. The SMILES string of the molecule is COC(=O)C1=C(C)N(CCc2ccc(OC)cc2)C(=O)/C1=C/c1ccccc1. The van der Waals surface area contributed by atoms with Gasteiger partial charge in [0.2, 0.25) is 0 Å². The van der Waals surface area contributed by atoms with Gasteiger partial charge in [0.15, 0.2) is 0 Å². The molecule has 0 saturated heterocycles. The van der Waals surface area contributed by atoms with Gasteiger partial charge in [-0.1, -0.05) is 42.5 Å². The smallest absolute Gasteiger partial charge is 0.340 e. The fourth-order valence-corrected chi connectivity index (χ4v) is 3.25. The molecule has 3 rings (SSSR count). The molecule has 0 aliphatic carbocycles. The van der Waals surface area contributed by atoms with Gasteiger partial charge < -0.3 is 14.4 Å². The minimum Gasteiger partial charge on any atom is -0.497 e. The lowest BCUT2D eigenvalue weighted by molar-refractivity contribution is -0.136. The van der Waals surface area contributed by atoms with Gasteiger partial charge in [-0.25, -0.2) is 4.79 Å². The topological polar surface area (TPSA) is 55.8 Å². The number of carbonyl (C=O) groups excluding carboxylic acids is 2. The van der Waals surface area contributed by atoms with Crippen molar-refractivity contribution in [3.8, 4) is 5.75 Å². The third-order valence-corrected chi connectivity index (χ3v) is 4.79. The molecule has 0 fully saturated rings. The lowest BCUT2D eigenvalue weighted by Gasteiger charge is -2.18. The van der Waals surface area contributed by atoms with Crippen LogP contribution in [-0.4, -0.2) is 37.5 Å².